The van der Waals surface area contributed by atoms with Crippen molar-refractivity contribution in [3.63, 3.8) is 0 Å². The lowest BCUT2D eigenvalue weighted by Gasteiger charge is -2.20. The highest BCUT2D eigenvalue weighted by Crippen LogP contribution is 2.20. The molecule has 83 heavy (non-hydrogen) atoms. The lowest BCUT2D eigenvalue weighted by atomic mass is 10.0. The maximum Gasteiger partial charge on any atom is 0.305 e. The number of ether oxygens (including phenoxy) is 1. The molecule has 6 heteroatoms. The Morgan fingerprint density at radius 3 is 0.819 bits per heavy atom. The summed E-state index contributed by atoms with van der Waals surface area (Å²) >= 11 is 0. The fourth-order valence-corrected chi connectivity index (χ4v) is 12.5. The van der Waals surface area contributed by atoms with Crippen molar-refractivity contribution in [1.29, 1.82) is 0 Å². The second-order valence-corrected chi connectivity index (χ2v) is 26.7. The van der Waals surface area contributed by atoms with E-state index in [4.69, 9.17) is 4.74 Å². The Morgan fingerprint density at radius 1 is 0.325 bits per heavy atom. The maximum absolute atomic E-state index is 12.5. The van der Waals surface area contributed by atoms with Gasteiger partial charge >= 0.3 is 5.97 Å². The topological polar surface area (TPSA) is 95.9 Å². The van der Waals surface area contributed by atoms with E-state index in [1.54, 1.807) is 6.08 Å². The van der Waals surface area contributed by atoms with Crippen LogP contribution in [0.3, 0.4) is 0 Å². The number of hydrogen-bond acceptors (Lipinski definition) is 5. The number of esters is 1. The summed E-state index contributed by atoms with van der Waals surface area (Å²) in [6.07, 6.45) is 91.8. The van der Waals surface area contributed by atoms with E-state index >= 15 is 0 Å². The van der Waals surface area contributed by atoms with Crippen LogP contribution in [-0.2, 0) is 14.3 Å². The molecule has 0 saturated carbocycles. The van der Waals surface area contributed by atoms with Crippen LogP contribution >= 0.6 is 0 Å². The van der Waals surface area contributed by atoms with Crippen molar-refractivity contribution in [3.05, 3.63) is 12.2 Å². The predicted octanol–water partition coefficient (Wildman–Crippen LogP) is 25.1. The van der Waals surface area contributed by atoms with Crippen LogP contribution in [0.2, 0.25) is 0 Å². The van der Waals surface area contributed by atoms with Gasteiger partial charge in [0.15, 0.2) is 0 Å². The van der Waals surface area contributed by atoms with Gasteiger partial charge in [0.2, 0.25) is 5.91 Å². The zero-order valence-electron chi connectivity index (χ0n) is 56.7. The van der Waals surface area contributed by atoms with Gasteiger partial charge in [0.05, 0.1) is 25.4 Å². The third-order valence-corrected chi connectivity index (χ3v) is 18.3. The molecular weight excluding hydrogens is 1020 g/mol. The Bertz CT molecular complexity index is 1260. The van der Waals surface area contributed by atoms with Gasteiger partial charge in [-0.1, -0.05) is 411 Å². The molecule has 0 aliphatic heterocycles. The molecule has 0 rings (SSSR count). The van der Waals surface area contributed by atoms with Gasteiger partial charge in [-0.25, -0.2) is 0 Å². The molecule has 0 aromatic carbocycles. The molecule has 2 unspecified atom stereocenters. The molecular formula is C77H151NO5. The third kappa shape index (κ3) is 69.6. The monoisotopic (exact) mass is 1170 g/mol. The van der Waals surface area contributed by atoms with Gasteiger partial charge in [-0.15, -0.1) is 0 Å². The number of aliphatic hydroxyl groups excluding tert-OH is 2. The summed E-state index contributed by atoms with van der Waals surface area (Å²) < 4.78 is 5.50. The predicted molar refractivity (Wildman–Crippen MR) is 366 cm³/mol. The second kappa shape index (κ2) is 73.1. The largest absolute Gasteiger partial charge is 0.466 e. The summed E-state index contributed by atoms with van der Waals surface area (Å²) in [5.41, 5.74) is 0. The molecule has 6 nitrogen and oxygen atoms in total. The third-order valence-electron chi connectivity index (χ3n) is 18.3. The molecule has 0 aliphatic rings. The molecule has 0 aliphatic carbocycles. The summed E-state index contributed by atoms with van der Waals surface area (Å²) in [6, 6.07) is -0.625. The van der Waals surface area contributed by atoms with Crippen LogP contribution < -0.4 is 5.32 Å². The number of amides is 1. The molecule has 2 atom stereocenters. The van der Waals surface area contributed by atoms with E-state index < -0.39 is 12.1 Å². The summed E-state index contributed by atoms with van der Waals surface area (Å²) in [6.45, 7) is 4.96. The van der Waals surface area contributed by atoms with Gasteiger partial charge in [0, 0.05) is 12.8 Å². The molecule has 0 saturated heterocycles. The van der Waals surface area contributed by atoms with E-state index in [0.717, 1.165) is 38.5 Å². The summed E-state index contributed by atoms with van der Waals surface area (Å²) in [5, 5.41) is 23.3. The van der Waals surface area contributed by atoms with Crippen LogP contribution in [0.1, 0.15) is 444 Å². The highest BCUT2D eigenvalue weighted by Gasteiger charge is 2.18. The van der Waals surface area contributed by atoms with Crippen molar-refractivity contribution in [2.45, 2.75) is 456 Å². The Hall–Kier alpha value is -1.40. The standard InChI is InChI=1S/C77H151NO5/c1-3-5-7-9-11-13-15-17-18-19-20-33-36-39-42-46-49-53-57-61-65-69-75(80)74(73-79)78-76(81)70-66-62-58-54-50-47-43-40-37-34-31-29-27-25-23-21-22-24-26-28-30-32-35-38-41-44-48-52-56-60-64-68-72-83-77(82)71-67-63-59-55-51-45-16-14-12-10-8-6-4-2/h65,69,74-75,79-80H,3-64,66-68,70-73H2,1-2H3,(H,78,81)/b69-65+. The summed E-state index contributed by atoms with van der Waals surface area (Å²) in [5.74, 6) is -0.0348. The number of hydrogen-bond donors (Lipinski definition) is 3. The number of rotatable bonds is 73. The van der Waals surface area contributed by atoms with Crippen LogP contribution in [0.15, 0.2) is 12.2 Å². The van der Waals surface area contributed by atoms with E-state index in [0.29, 0.717) is 19.4 Å². The number of allylic oxidation sites excluding steroid dienone is 1. The second-order valence-electron chi connectivity index (χ2n) is 26.7. The van der Waals surface area contributed by atoms with Gasteiger partial charge in [-0.05, 0) is 32.1 Å². The number of unbranched alkanes of at least 4 members (excludes halogenated alkanes) is 62. The van der Waals surface area contributed by atoms with Crippen LogP contribution in [0, 0.1) is 0 Å². The maximum atomic E-state index is 12.5. The van der Waals surface area contributed by atoms with Crippen molar-refractivity contribution in [1.82, 2.24) is 5.32 Å². The minimum absolute atomic E-state index is 0.0236. The average Bonchev–Trinajstić information content (AvgIpc) is 3.49. The van der Waals surface area contributed by atoms with Crippen molar-refractivity contribution in [3.8, 4) is 0 Å². The average molecular weight is 1170 g/mol. The van der Waals surface area contributed by atoms with Crippen LogP contribution in [0.25, 0.3) is 0 Å². The highest BCUT2D eigenvalue weighted by molar-refractivity contribution is 5.76. The van der Waals surface area contributed by atoms with Crippen LogP contribution in [0.5, 0.6) is 0 Å². The van der Waals surface area contributed by atoms with E-state index in [9.17, 15) is 19.8 Å². The van der Waals surface area contributed by atoms with Gasteiger partial charge in [-0.3, -0.25) is 9.59 Å². The lowest BCUT2D eigenvalue weighted by Crippen LogP contribution is -2.45. The number of carbonyl (C=O) groups excluding carboxylic acids is 2. The minimum atomic E-state index is -0.842. The van der Waals surface area contributed by atoms with Crippen molar-refractivity contribution in [2.75, 3.05) is 13.2 Å². The molecule has 0 aromatic rings. The Balaban J connectivity index is 3.34. The fraction of sp³-hybridized carbons (Fsp3) is 0.948. The fourth-order valence-electron chi connectivity index (χ4n) is 12.5. The van der Waals surface area contributed by atoms with E-state index in [1.807, 2.05) is 6.08 Å². The molecule has 0 aromatic heterocycles. The van der Waals surface area contributed by atoms with Gasteiger partial charge in [-0.2, -0.15) is 0 Å². The van der Waals surface area contributed by atoms with Crippen LogP contribution in [0.4, 0.5) is 0 Å². The number of carbonyl (C=O) groups is 2. The van der Waals surface area contributed by atoms with E-state index in [2.05, 4.69) is 19.2 Å². The SMILES string of the molecule is CCCCCCCCCCCCCCCCCCCCC/C=C/C(O)C(CO)NC(=O)CCCCCCCCCCCCCCCCCCCCCCCCCCCCCCCCCCOC(=O)CCCCCCCCCCCCCCC. The molecule has 0 spiro atoms. The quantitative estimate of drug-likeness (QED) is 0.0320. The number of aliphatic hydroxyl groups is 2. The molecule has 3 N–H and O–H groups in total. The van der Waals surface area contributed by atoms with Crippen LogP contribution in [-0.4, -0.2) is 47.4 Å². The Morgan fingerprint density at radius 2 is 0.554 bits per heavy atom. The summed E-state index contributed by atoms with van der Waals surface area (Å²) in [4.78, 5) is 24.6. The Kier molecular flexibility index (Phi) is 71.8. The van der Waals surface area contributed by atoms with Crippen molar-refractivity contribution >= 4 is 11.9 Å². The van der Waals surface area contributed by atoms with E-state index in [-0.39, 0.29) is 18.5 Å². The van der Waals surface area contributed by atoms with E-state index in [1.165, 1.54) is 379 Å². The van der Waals surface area contributed by atoms with Gasteiger partial charge in [0.1, 0.15) is 0 Å². The molecule has 1 amide bonds. The molecule has 0 fully saturated rings. The first kappa shape index (κ1) is 81.6. The van der Waals surface area contributed by atoms with Gasteiger partial charge < -0.3 is 20.3 Å². The zero-order chi connectivity index (χ0) is 59.9. The van der Waals surface area contributed by atoms with Crippen molar-refractivity contribution < 1.29 is 24.5 Å². The lowest BCUT2D eigenvalue weighted by molar-refractivity contribution is -0.143. The number of nitrogens with one attached hydrogen (secondary N) is 1. The smallest absolute Gasteiger partial charge is 0.305 e. The highest BCUT2D eigenvalue weighted by atomic mass is 16.5. The first-order chi connectivity index (χ1) is 41.0. The minimum Gasteiger partial charge on any atom is -0.466 e. The normalized spacial score (nSPS) is 12.5. The molecule has 0 heterocycles. The first-order valence-electron chi connectivity index (χ1n) is 38.5. The van der Waals surface area contributed by atoms with Gasteiger partial charge in [0.25, 0.3) is 0 Å². The Labute approximate surface area is 520 Å². The molecule has 0 radical (unpaired) electrons. The first-order valence-corrected chi connectivity index (χ1v) is 38.5. The molecule has 0 bridgehead atoms. The van der Waals surface area contributed by atoms with Crippen molar-refractivity contribution in [2.24, 2.45) is 0 Å². The summed E-state index contributed by atoms with van der Waals surface area (Å²) in [7, 11) is 0. The molecule has 494 valence electrons. The zero-order valence-corrected chi connectivity index (χ0v) is 56.7.